The monoisotopic (exact) mass is 401 g/mol. The highest BCUT2D eigenvalue weighted by molar-refractivity contribution is 7.88. The first-order chi connectivity index (χ1) is 12.9. The van der Waals surface area contributed by atoms with E-state index in [-0.39, 0.29) is 0 Å². The molecule has 2 heterocycles. The van der Waals surface area contributed by atoms with E-state index in [1.54, 1.807) is 4.31 Å². The highest BCUT2D eigenvalue weighted by Gasteiger charge is 2.24. The Kier molecular flexibility index (Phi) is 9.32. The average molecular weight is 402 g/mol. The molecule has 0 saturated carbocycles. The van der Waals surface area contributed by atoms with Gasteiger partial charge in [0, 0.05) is 45.3 Å². The number of likely N-dealkylation sites (tertiary alicyclic amines) is 1. The smallest absolute Gasteiger partial charge is 0.211 e. The zero-order valence-corrected chi connectivity index (χ0v) is 18.2. The molecule has 8 heteroatoms. The van der Waals surface area contributed by atoms with Crippen molar-refractivity contribution in [3.63, 3.8) is 0 Å². The Morgan fingerprint density at radius 3 is 2.44 bits per heavy atom. The van der Waals surface area contributed by atoms with Gasteiger partial charge in [-0.05, 0) is 51.5 Å². The summed E-state index contributed by atoms with van der Waals surface area (Å²) in [5.41, 5.74) is 0. The van der Waals surface area contributed by atoms with E-state index in [9.17, 15) is 8.42 Å². The van der Waals surface area contributed by atoms with Crippen LogP contribution < -0.4 is 10.6 Å². The Morgan fingerprint density at radius 1 is 1.07 bits per heavy atom. The lowest BCUT2D eigenvalue weighted by atomic mass is 9.98. The van der Waals surface area contributed by atoms with Crippen molar-refractivity contribution >= 4 is 16.0 Å². The first-order valence-electron chi connectivity index (χ1n) is 10.6. The molecule has 2 N–H and O–H groups in total. The molecule has 1 unspecified atom stereocenters. The maximum Gasteiger partial charge on any atom is 0.211 e. The molecule has 27 heavy (non-hydrogen) atoms. The van der Waals surface area contributed by atoms with Gasteiger partial charge in [0.2, 0.25) is 10.0 Å². The highest BCUT2D eigenvalue weighted by atomic mass is 32.2. The van der Waals surface area contributed by atoms with Crippen molar-refractivity contribution in [2.75, 3.05) is 52.1 Å². The number of piperidine rings is 2. The van der Waals surface area contributed by atoms with Crippen molar-refractivity contribution in [3.8, 4) is 0 Å². The van der Waals surface area contributed by atoms with Crippen LogP contribution >= 0.6 is 0 Å². The van der Waals surface area contributed by atoms with E-state index in [4.69, 9.17) is 4.99 Å². The fourth-order valence-electron chi connectivity index (χ4n) is 4.12. The summed E-state index contributed by atoms with van der Waals surface area (Å²) in [7, 11) is -3.05. The Bertz CT molecular complexity index is 558. The van der Waals surface area contributed by atoms with Gasteiger partial charge < -0.3 is 10.6 Å². The van der Waals surface area contributed by atoms with Gasteiger partial charge in [0.1, 0.15) is 0 Å². The second kappa shape index (κ2) is 11.2. The maximum absolute atomic E-state index is 11.6. The van der Waals surface area contributed by atoms with E-state index in [0.717, 1.165) is 51.0 Å². The number of hydrogen-bond donors (Lipinski definition) is 2. The largest absolute Gasteiger partial charge is 0.357 e. The van der Waals surface area contributed by atoms with Gasteiger partial charge in [-0.2, -0.15) is 0 Å². The number of hydrogen-bond acceptors (Lipinski definition) is 4. The van der Waals surface area contributed by atoms with Crippen LogP contribution in [0.1, 0.15) is 52.4 Å². The van der Waals surface area contributed by atoms with E-state index < -0.39 is 10.0 Å². The lowest BCUT2D eigenvalue weighted by Crippen LogP contribution is -2.46. The van der Waals surface area contributed by atoms with Gasteiger partial charge in [-0.25, -0.2) is 12.7 Å². The molecule has 1 atom stereocenters. The molecular formula is C19H39N5O2S. The van der Waals surface area contributed by atoms with Crippen LogP contribution in [0.3, 0.4) is 0 Å². The minimum Gasteiger partial charge on any atom is -0.357 e. The summed E-state index contributed by atoms with van der Waals surface area (Å²) in [5.74, 6) is 1.35. The highest BCUT2D eigenvalue weighted by Crippen LogP contribution is 2.20. The Morgan fingerprint density at radius 2 is 1.81 bits per heavy atom. The molecule has 7 nitrogen and oxygen atoms in total. The third-order valence-corrected chi connectivity index (χ3v) is 7.11. The number of nitrogens with zero attached hydrogens (tertiary/aromatic N) is 3. The minimum atomic E-state index is -3.05. The van der Waals surface area contributed by atoms with Crippen molar-refractivity contribution in [2.45, 2.75) is 58.4 Å². The fraction of sp³-hybridized carbons (Fsp3) is 0.947. The molecule has 0 aromatic heterocycles. The molecule has 2 fully saturated rings. The van der Waals surface area contributed by atoms with Crippen molar-refractivity contribution in [1.29, 1.82) is 0 Å². The zero-order valence-electron chi connectivity index (χ0n) is 17.4. The summed E-state index contributed by atoms with van der Waals surface area (Å²) >= 11 is 0. The summed E-state index contributed by atoms with van der Waals surface area (Å²) in [6.07, 6.45) is 8.33. The van der Waals surface area contributed by atoms with E-state index in [1.807, 2.05) is 0 Å². The number of aliphatic imine (C=N–C) groups is 1. The maximum atomic E-state index is 11.6. The molecule has 0 aromatic carbocycles. The van der Waals surface area contributed by atoms with Crippen molar-refractivity contribution in [1.82, 2.24) is 19.8 Å². The van der Waals surface area contributed by atoms with Crippen LogP contribution in [0.5, 0.6) is 0 Å². The quantitative estimate of drug-likeness (QED) is 0.476. The van der Waals surface area contributed by atoms with Crippen LogP contribution in [-0.2, 0) is 10.0 Å². The van der Waals surface area contributed by atoms with Gasteiger partial charge in [-0.3, -0.25) is 9.89 Å². The molecule has 0 bridgehead atoms. The molecule has 0 aliphatic carbocycles. The van der Waals surface area contributed by atoms with E-state index in [1.165, 1.54) is 38.5 Å². The lowest BCUT2D eigenvalue weighted by molar-refractivity contribution is 0.147. The molecule has 0 radical (unpaired) electrons. The van der Waals surface area contributed by atoms with Crippen LogP contribution in [0.25, 0.3) is 0 Å². The summed E-state index contributed by atoms with van der Waals surface area (Å²) in [6, 6.07) is 0.736. The Hall–Kier alpha value is -0.860. The summed E-state index contributed by atoms with van der Waals surface area (Å²) < 4.78 is 24.8. The molecule has 2 rings (SSSR count). The topological polar surface area (TPSA) is 77.0 Å². The minimum absolute atomic E-state index is 0.463. The van der Waals surface area contributed by atoms with Gasteiger partial charge in [-0.1, -0.05) is 13.3 Å². The Labute approximate surface area is 166 Å². The third-order valence-electron chi connectivity index (χ3n) is 5.81. The molecule has 158 valence electrons. The SMILES string of the molecule is CCNC(=NCC1CCN(S(C)(=O)=O)CC1)NCCN1CCCCC1CC. The van der Waals surface area contributed by atoms with Crippen LogP contribution in [-0.4, -0.2) is 81.7 Å². The van der Waals surface area contributed by atoms with E-state index in [2.05, 4.69) is 29.4 Å². The molecular weight excluding hydrogens is 362 g/mol. The summed E-state index contributed by atoms with van der Waals surface area (Å²) in [4.78, 5) is 7.37. The summed E-state index contributed by atoms with van der Waals surface area (Å²) in [5, 5.41) is 6.81. The standard InChI is InChI=1S/C19H39N5O2S/c1-4-18-8-6-7-12-23(18)15-11-21-19(20-5-2)22-16-17-9-13-24(14-10-17)27(3,25)26/h17-18H,4-16H2,1-3H3,(H2,20,21,22). The molecule has 2 aliphatic rings. The number of guanidine groups is 1. The van der Waals surface area contributed by atoms with Gasteiger partial charge >= 0.3 is 0 Å². The lowest BCUT2D eigenvalue weighted by Gasteiger charge is -2.35. The molecule has 2 aliphatic heterocycles. The molecule has 0 amide bonds. The van der Waals surface area contributed by atoms with E-state index >= 15 is 0 Å². The second-order valence-corrected chi connectivity index (χ2v) is 9.83. The Balaban J connectivity index is 1.75. The second-order valence-electron chi connectivity index (χ2n) is 7.85. The first kappa shape index (κ1) is 22.4. The average Bonchev–Trinajstić information content (AvgIpc) is 2.66. The molecule has 0 spiro atoms. The van der Waals surface area contributed by atoms with Gasteiger partial charge in [0.05, 0.1) is 6.26 Å². The van der Waals surface area contributed by atoms with Crippen LogP contribution in [0.4, 0.5) is 0 Å². The molecule has 2 saturated heterocycles. The number of sulfonamides is 1. The van der Waals surface area contributed by atoms with Crippen molar-refractivity contribution in [2.24, 2.45) is 10.9 Å². The number of nitrogens with one attached hydrogen (secondary N) is 2. The van der Waals surface area contributed by atoms with Crippen LogP contribution in [0, 0.1) is 5.92 Å². The van der Waals surface area contributed by atoms with E-state index in [0.29, 0.717) is 19.0 Å². The van der Waals surface area contributed by atoms with Crippen LogP contribution in [0.2, 0.25) is 0 Å². The molecule has 0 aromatic rings. The third kappa shape index (κ3) is 7.58. The normalized spacial score (nSPS) is 24.1. The van der Waals surface area contributed by atoms with Crippen molar-refractivity contribution in [3.05, 3.63) is 0 Å². The van der Waals surface area contributed by atoms with Gasteiger partial charge in [0.25, 0.3) is 0 Å². The predicted molar refractivity (Wildman–Crippen MR) is 113 cm³/mol. The fourth-order valence-corrected chi connectivity index (χ4v) is 4.99. The zero-order chi connectivity index (χ0) is 19.7. The van der Waals surface area contributed by atoms with Crippen LogP contribution in [0.15, 0.2) is 4.99 Å². The van der Waals surface area contributed by atoms with Gasteiger partial charge in [-0.15, -0.1) is 0 Å². The first-order valence-corrected chi connectivity index (χ1v) is 12.5. The number of rotatable bonds is 8. The summed E-state index contributed by atoms with van der Waals surface area (Å²) in [6.45, 7) is 10.4. The predicted octanol–water partition coefficient (Wildman–Crippen LogP) is 1.48. The van der Waals surface area contributed by atoms with Crippen molar-refractivity contribution < 1.29 is 8.42 Å². The van der Waals surface area contributed by atoms with Gasteiger partial charge in [0.15, 0.2) is 5.96 Å².